The zero-order chi connectivity index (χ0) is 15.9. The average Bonchev–Trinajstić information content (AvgIpc) is 3.18. The fourth-order valence-electron chi connectivity index (χ4n) is 2.11. The molecule has 0 spiro atoms. The van der Waals surface area contributed by atoms with Crippen LogP contribution in [0.15, 0.2) is 23.1 Å². The lowest BCUT2D eigenvalue weighted by Gasteiger charge is -2.08. The Labute approximate surface area is 131 Å². The van der Waals surface area contributed by atoms with Crippen molar-refractivity contribution in [2.75, 3.05) is 5.32 Å². The number of nitrogens with one attached hydrogen (secondary N) is 1. The van der Waals surface area contributed by atoms with Crippen LogP contribution < -0.4 is 10.5 Å². The summed E-state index contributed by atoms with van der Waals surface area (Å²) in [6.45, 7) is 1.55. The van der Waals surface area contributed by atoms with Gasteiger partial charge in [-0.1, -0.05) is 17.4 Å². The lowest BCUT2D eigenvalue weighted by molar-refractivity contribution is 0.102. The summed E-state index contributed by atoms with van der Waals surface area (Å²) in [7, 11) is -3.87. The molecule has 0 radical (unpaired) electrons. The van der Waals surface area contributed by atoms with E-state index in [1.165, 1.54) is 23.5 Å². The Morgan fingerprint density at radius 2 is 2.09 bits per heavy atom. The number of amides is 1. The summed E-state index contributed by atoms with van der Waals surface area (Å²) in [5.41, 5.74) is 0.559. The number of nitrogens with two attached hydrogens (primary N) is 1. The molecule has 1 heterocycles. The molecular weight excluding hydrogens is 324 g/mol. The van der Waals surface area contributed by atoms with Crippen molar-refractivity contribution in [3.63, 3.8) is 0 Å². The number of anilines is 1. The van der Waals surface area contributed by atoms with Crippen molar-refractivity contribution in [3.05, 3.63) is 34.3 Å². The highest BCUT2D eigenvalue weighted by molar-refractivity contribution is 7.89. The number of rotatable bonds is 4. The van der Waals surface area contributed by atoms with Crippen LogP contribution in [0, 0.1) is 6.92 Å². The third-order valence-electron chi connectivity index (χ3n) is 3.42. The van der Waals surface area contributed by atoms with Crippen LogP contribution >= 0.6 is 11.3 Å². The number of aromatic nitrogens is 2. The van der Waals surface area contributed by atoms with Crippen LogP contribution in [0.5, 0.6) is 0 Å². The standard InChI is InChI=1S/C13H14N4O3S2/c1-7-9(3-2-4-10(7)22(14,19)20)11(18)15-13-17-16-12(21-13)8-5-6-8/h2-4,8H,5-6H2,1H3,(H2,14,19,20)(H,15,17,18). The molecule has 1 fully saturated rings. The number of benzene rings is 1. The Balaban J connectivity index is 1.85. The lowest BCUT2D eigenvalue weighted by atomic mass is 10.1. The van der Waals surface area contributed by atoms with Crippen LogP contribution in [0.25, 0.3) is 0 Å². The molecule has 1 aromatic carbocycles. The van der Waals surface area contributed by atoms with Gasteiger partial charge in [0.1, 0.15) is 5.01 Å². The Morgan fingerprint density at radius 1 is 1.36 bits per heavy atom. The number of sulfonamides is 1. The minimum absolute atomic E-state index is 0.0592. The van der Waals surface area contributed by atoms with Crippen LogP contribution in [0.1, 0.15) is 39.7 Å². The first kappa shape index (κ1) is 15.1. The molecule has 7 nitrogen and oxygen atoms in total. The van der Waals surface area contributed by atoms with Crippen molar-refractivity contribution in [2.45, 2.75) is 30.6 Å². The van der Waals surface area contributed by atoms with E-state index in [4.69, 9.17) is 5.14 Å². The topological polar surface area (TPSA) is 115 Å². The molecular formula is C13H14N4O3S2. The first-order valence-corrected chi connectivity index (χ1v) is 8.99. The van der Waals surface area contributed by atoms with Crippen molar-refractivity contribution in [1.29, 1.82) is 0 Å². The molecule has 0 atom stereocenters. The molecule has 1 aliphatic carbocycles. The number of hydrogen-bond acceptors (Lipinski definition) is 6. The Bertz CT molecular complexity index is 841. The first-order valence-electron chi connectivity index (χ1n) is 6.63. The van der Waals surface area contributed by atoms with E-state index in [0.717, 1.165) is 17.8 Å². The van der Waals surface area contributed by atoms with E-state index in [1.807, 2.05) is 0 Å². The fraction of sp³-hybridized carbons (Fsp3) is 0.308. The second-order valence-corrected chi connectivity index (χ2v) is 7.69. The van der Waals surface area contributed by atoms with Gasteiger partial charge in [-0.3, -0.25) is 10.1 Å². The maximum absolute atomic E-state index is 12.3. The predicted octanol–water partition coefficient (Wildman–Crippen LogP) is 1.62. The molecule has 3 N–H and O–H groups in total. The van der Waals surface area contributed by atoms with E-state index < -0.39 is 15.9 Å². The van der Waals surface area contributed by atoms with E-state index in [0.29, 0.717) is 16.6 Å². The van der Waals surface area contributed by atoms with Crippen LogP contribution in [-0.2, 0) is 10.0 Å². The van der Waals surface area contributed by atoms with E-state index in [-0.39, 0.29) is 10.5 Å². The molecule has 1 amide bonds. The maximum atomic E-state index is 12.3. The molecule has 1 aromatic heterocycles. The minimum atomic E-state index is -3.87. The van der Waals surface area contributed by atoms with Crippen molar-refractivity contribution in [3.8, 4) is 0 Å². The Kier molecular flexibility index (Phi) is 3.71. The highest BCUT2D eigenvalue weighted by Crippen LogP contribution is 2.42. The van der Waals surface area contributed by atoms with Gasteiger partial charge in [0.25, 0.3) is 5.91 Å². The maximum Gasteiger partial charge on any atom is 0.257 e. The Morgan fingerprint density at radius 3 is 2.73 bits per heavy atom. The van der Waals surface area contributed by atoms with Crippen LogP contribution in [0.3, 0.4) is 0 Å². The molecule has 3 rings (SSSR count). The molecule has 0 bridgehead atoms. The fourth-order valence-corrected chi connectivity index (χ4v) is 3.83. The van der Waals surface area contributed by atoms with Crippen LogP contribution in [-0.4, -0.2) is 24.5 Å². The molecule has 116 valence electrons. The lowest BCUT2D eigenvalue weighted by Crippen LogP contribution is -2.18. The molecule has 0 aliphatic heterocycles. The summed E-state index contributed by atoms with van der Waals surface area (Å²) in [6, 6.07) is 4.40. The van der Waals surface area contributed by atoms with E-state index >= 15 is 0 Å². The number of primary sulfonamides is 1. The van der Waals surface area contributed by atoms with Gasteiger partial charge in [-0.15, -0.1) is 10.2 Å². The monoisotopic (exact) mass is 338 g/mol. The van der Waals surface area contributed by atoms with Gasteiger partial charge in [0.2, 0.25) is 15.2 Å². The number of carbonyl (C=O) groups is 1. The summed E-state index contributed by atoms with van der Waals surface area (Å²) >= 11 is 1.34. The third kappa shape index (κ3) is 3.01. The van der Waals surface area contributed by atoms with E-state index in [9.17, 15) is 13.2 Å². The summed E-state index contributed by atoms with van der Waals surface area (Å²) in [5, 5.41) is 17.1. The Hall–Kier alpha value is -1.84. The smallest absolute Gasteiger partial charge is 0.257 e. The number of carbonyl (C=O) groups excluding carboxylic acids is 1. The van der Waals surface area contributed by atoms with E-state index in [1.54, 1.807) is 13.0 Å². The van der Waals surface area contributed by atoms with Gasteiger partial charge < -0.3 is 0 Å². The normalized spacial score (nSPS) is 14.8. The first-order chi connectivity index (χ1) is 10.4. The van der Waals surface area contributed by atoms with Gasteiger partial charge in [0.15, 0.2) is 0 Å². The largest absolute Gasteiger partial charge is 0.296 e. The molecule has 1 aliphatic rings. The molecule has 0 unspecified atom stereocenters. The molecule has 9 heteroatoms. The number of nitrogens with zero attached hydrogens (tertiary/aromatic N) is 2. The minimum Gasteiger partial charge on any atom is -0.296 e. The molecule has 22 heavy (non-hydrogen) atoms. The van der Waals surface area contributed by atoms with Gasteiger partial charge in [0.05, 0.1) is 4.90 Å². The molecule has 0 saturated heterocycles. The molecule has 2 aromatic rings. The zero-order valence-corrected chi connectivity index (χ0v) is 13.4. The summed E-state index contributed by atoms with van der Waals surface area (Å²) in [6.07, 6.45) is 2.22. The molecule has 1 saturated carbocycles. The quantitative estimate of drug-likeness (QED) is 0.879. The summed E-state index contributed by atoms with van der Waals surface area (Å²) in [4.78, 5) is 12.2. The van der Waals surface area contributed by atoms with Crippen molar-refractivity contribution >= 4 is 32.4 Å². The summed E-state index contributed by atoms with van der Waals surface area (Å²) in [5.74, 6) is 0.0390. The van der Waals surface area contributed by atoms with Gasteiger partial charge in [-0.2, -0.15) is 0 Å². The van der Waals surface area contributed by atoms with Crippen LogP contribution in [0.2, 0.25) is 0 Å². The SMILES string of the molecule is Cc1c(C(=O)Nc2nnc(C3CC3)s2)cccc1S(N)(=O)=O. The van der Waals surface area contributed by atoms with Crippen molar-refractivity contribution in [2.24, 2.45) is 5.14 Å². The number of hydrogen-bond donors (Lipinski definition) is 2. The van der Waals surface area contributed by atoms with Gasteiger partial charge in [-0.25, -0.2) is 13.6 Å². The van der Waals surface area contributed by atoms with Gasteiger partial charge >= 0.3 is 0 Å². The van der Waals surface area contributed by atoms with Crippen LogP contribution in [0.4, 0.5) is 5.13 Å². The van der Waals surface area contributed by atoms with Gasteiger partial charge in [0, 0.05) is 11.5 Å². The zero-order valence-electron chi connectivity index (χ0n) is 11.7. The second-order valence-electron chi connectivity index (χ2n) is 5.15. The summed E-state index contributed by atoms with van der Waals surface area (Å²) < 4.78 is 23.0. The highest BCUT2D eigenvalue weighted by Gasteiger charge is 2.28. The second kappa shape index (κ2) is 5.41. The van der Waals surface area contributed by atoms with E-state index in [2.05, 4.69) is 15.5 Å². The highest BCUT2D eigenvalue weighted by atomic mass is 32.2. The van der Waals surface area contributed by atoms with Crippen molar-refractivity contribution in [1.82, 2.24) is 10.2 Å². The van der Waals surface area contributed by atoms with Gasteiger partial charge in [-0.05, 0) is 37.5 Å². The third-order valence-corrected chi connectivity index (χ3v) is 5.48. The average molecular weight is 338 g/mol. The van der Waals surface area contributed by atoms with Crippen molar-refractivity contribution < 1.29 is 13.2 Å². The predicted molar refractivity (Wildman–Crippen MR) is 82.4 cm³/mol.